The Hall–Kier alpha value is -3.04. The van der Waals surface area contributed by atoms with E-state index < -0.39 is 6.03 Å². The molecule has 0 radical (unpaired) electrons. The summed E-state index contributed by atoms with van der Waals surface area (Å²) >= 11 is 3.39. The van der Waals surface area contributed by atoms with Crippen LogP contribution in [0.3, 0.4) is 0 Å². The molecule has 0 bridgehead atoms. The van der Waals surface area contributed by atoms with Crippen LogP contribution in [0.25, 0.3) is 11.0 Å². The molecule has 0 atom stereocenters. The van der Waals surface area contributed by atoms with Crippen molar-refractivity contribution in [3.63, 3.8) is 0 Å². The number of rotatable bonds is 8. The Labute approximate surface area is 188 Å². The number of hydrogen-bond donors (Lipinski definition) is 2. The van der Waals surface area contributed by atoms with E-state index in [4.69, 9.17) is 5.73 Å². The number of thioether (sulfide) groups is 2. The van der Waals surface area contributed by atoms with Crippen LogP contribution in [-0.2, 0) is 5.75 Å². The molecule has 0 aliphatic rings. The van der Waals surface area contributed by atoms with Gasteiger partial charge in [0.15, 0.2) is 11.0 Å². The van der Waals surface area contributed by atoms with Crippen molar-refractivity contribution in [2.75, 3.05) is 17.2 Å². The topological polar surface area (TPSA) is 101 Å². The van der Waals surface area contributed by atoms with Crippen LogP contribution in [0, 0.1) is 6.92 Å². The fourth-order valence-corrected chi connectivity index (χ4v) is 5.10. The van der Waals surface area contributed by atoms with Crippen molar-refractivity contribution in [1.29, 1.82) is 0 Å². The number of carbonyl (C=O) groups is 1. The van der Waals surface area contributed by atoms with Gasteiger partial charge in [-0.2, -0.15) is 0 Å². The highest BCUT2D eigenvalue weighted by Crippen LogP contribution is 2.29. The predicted octanol–water partition coefficient (Wildman–Crippen LogP) is 4.63. The van der Waals surface area contributed by atoms with Gasteiger partial charge in [0.1, 0.15) is 0 Å². The molecule has 0 saturated carbocycles. The summed E-state index contributed by atoms with van der Waals surface area (Å²) in [5, 5.41) is 0.916. The number of imidazole rings is 1. The lowest BCUT2D eigenvalue weighted by molar-refractivity contribution is 0.254. The molecule has 4 rings (SSSR count). The first-order valence-corrected chi connectivity index (χ1v) is 11.7. The van der Waals surface area contributed by atoms with Gasteiger partial charge in [0.05, 0.1) is 17.2 Å². The fraction of sp³-hybridized carbons (Fsp3) is 0.182. The minimum atomic E-state index is -0.534. The van der Waals surface area contributed by atoms with E-state index in [1.807, 2.05) is 24.3 Å². The quantitative estimate of drug-likeness (QED) is 0.380. The number of nitrogens with two attached hydrogens (primary N) is 1. The molecule has 2 amide bonds. The Bertz CT molecular complexity index is 1150. The number of primary amides is 1. The summed E-state index contributed by atoms with van der Waals surface area (Å²) in [5.74, 6) is 1.98. The molecule has 0 aliphatic heterocycles. The van der Waals surface area contributed by atoms with Gasteiger partial charge in [-0.3, -0.25) is 9.88 Å². The molecule has 0 unspecified atom stereocenters. The maximum Gasteiger partial charge on any atom is 0.320 e. The number of para-hydroxylation sites is 2. The van der Waals surface area contributed by atoms with Gasteiger partial charge < -0.3 is 10.7 Å². The summed E-state index contributed by atoms with van der Waals surface area (Å²) in [4.78, 5) is 30.6. The van der Waals surface area contributed by atoms with Gasteiger partial charge in [-0.15, -0.1) is 11.8 Å². The molecular weight excluding hydrogens is 428 g/mol. The molecule has 3 N–H and O–H groups in total. The summed E-state index contributed by atoms with van der Waals surface area (Å²) < 4.78 is 0. The number of fused-ring (bicyclic) bond motifs is 1. The van der Waals surface area contributed by atoms with Crippen LogP contribution in [0.4, 0.5) is 10.6 Å². The van der Waals surface area contributed by atoms with Gasteiger partial charge in [0.2, 0.25) is 0 Å². The van der Waals surface area contributed by atoms with Crippen molar-refractivity contribution in [3.8, 4) is 0 Å². The number of urea groups is 1. The molecule has 158 valence electrons. The summed E-state index contributed by atoms with van der Waals surface area (Å²) in [6.07, 6.45) is 4.65. The van der Waals surface area contributed by atoms with E-state index in [-0.39, 0.29) is 0 Å². The lowest BCUT2D eigenvalue weighted by atomic mass is 10.1. The zero-order chi connectivity index (χ0) is 21.6. The second-order valence-electron chi connectivity index (χ2n) is 6.79. The van der Waals surface area contributed by atoms with Crippen LogP contribution in [0.1, 0.15) is 11.1 Å². The lowest BCUT2D eigenvalue weighted by Gasteiger charge is -2.19. The highest BCUT2D eigenvalue weighted by molar-refractivity contribution is 7.99. The summed E-state index contributed by atoms with van der Waals surface area (Å²) in [5.41, 5.74) is 10.0. The zero-order valence-corrected chi connectivity index (χ0v) is 18.6. The van der Waals surface area contributed by atoms with Crippen LogP contribution in [0.2, 0.25) is 0 Å². The molecule has 2 aromatic carbocycles. The third-order valence-corrected chi connectivity index (χ3v) is 6.85. The van der Waals surface area contributed by atoms with Gasteiger partial charge in [0, 0.05) is 35.3 Å². The molecule has 0 aliphatic carbocycles. The van der Waals surface area contributed by atoms with Crippen molar-refractivity contribution in [3.05, 3.63) is 72.2 Å². The first-order chi connectivity index (χ1) is 15.1. The first-order valence-electron chi connectivity index (χ1n) is 9.73. The SMILES string of the molecule is Cc1c(CSc2nc3ccccc3[nH]2)cccc1SCCN(C(N)=O)c1cnccn1. The maximum atomic E-state index is 11.8. The number of nitrogens with one attached hydrogen (secondary N) is 1. The Kier molecular flexibility index (Phi) is 6.73. The van der Waals surface area contributed by atoms with Crippen LogP contribution in [0.5, 0.6) is 0 Å². The van der Waals surface area contributed by atoms with Crippen molar-refractivity contribution in [2.45, 2.75) is 22.7 Å². The number of nitrogens with zero attached hydrogens (tertiary/aromatic N) is 4. The largest absolute Gasteiger partial charge is 0.351 e. The van der Waals surface area contributed by atoms with Gasteiger partial charge in [-0.25, -0.2) is 14.8 Å². The fourth-order valence-electron chi connectivity index (χ4n) is 3.13. The number of aromatic amines is 1. The third kappa shape index (κ3) is 5.18. The molecule has 7 nitrogen and oxygen atoms in total. The van der Waals surface area contributed by atoms with Crippen molar-refractivity contribution < 1.29 is 4.79 Å². The molecule has 31 heavy (non-hydrogen) atoms. The van der Waals surface area contributed by atoms with Gasteiger partial charge in [0.25, 0.3) is 0 Å². The van der Waals surface area contributed by atoms with E-state index in [0.717, 1.165) is 21.9 Å². The Morgan fingerprint density at radius 1 is 1.13 bits per heavy atom. The lowest BCUT2D eigenvalue weighted by Crippen LogP contribution is -2.38. The minimum Gasteiger partial charge on any atom is -0.351 e. The number of benzene rings is 2. The van der Waals surface area contributed by atoms with E-state index in [0.29, 0.717) is 18.1 Å². The average Bonchev–Trinajstić information content (AvgIpc) is 3.20. The number of aromatic nitrogens is 4. The smallest absolute Gasteiger partial charge is 0.320 e. The standard InChI is InChI=1S/C22H22N6OS2/c1-15-16(14-31-22-26-17-6-2-3-7-18(17)27-22)5-4-8-19(15)30-12-11-28(21(23)29)20-13-24-9-10-25-20/h2-10,13H,11-12,14H2,1H3,(H2,23,29)(H,26,27). The number of hydrogen-bond acceptors (Lipinski definition) is 6. The van der Waals surface area contributed by atoms with E-state index in [1.54, 1.807) is 35.9 Å². The van der Waals surface area contributed by atoms with Crippen molar-refractivity contribution in [2.24, 2.45) is 5.73 Å². The molecular formula is C22H22N6OS2. The Balaban J connectivity index is 1.38. The average molecular weight is 451 g/mol. The van der Waals surface area contributed by atoms with Crippen LogP contribution >= 0.6 is 23.5 Å². The molecule has 2 aromatic heterocycles. The zero-order valence-electron chi connectivity index (χ0n) is 17.0. The number of amides is 2. The predicted molar refractivity (Wildman–Crippen MR) is 127 cm³/mol. The Morgan fingerprint density at radius 2 is 2.00 bits per heavy atom. The van der Waals surface area contributed by atoms with E-state index >= 15 is 0 Å². The molecule has 4 aromatic rings. The van der Waals surface area contributed by atoms with E-state index in [2.05, 4.69) is 45.1 Å². The van der Waals surface area contributed by atoms with E-state index in [9.17, 15) is 4.79 Å². The Morgan fingerprint density at radius 3 is 2.77 bits per heavy atom. The molecule has 0 spiro atoms. The molecule has 0 saturated heterocycles. The van der Waals surface area contributed by atoms with Gasteiger partial charge in [-0.1, -0.05) is 36.0 Å². The maximum absolute atomic E-state index is 11.8. The van der Waals surface area contributed by atoms with Crippen LogP contribution in [-0.4, -0.2) is 38.3 Å². The van der Waals surface area contributed by atoms with Crippen molar-refractivity contribution >= 4 is 46.4 Å². The number of anilines is 1. The normalized spacial score (nSPS) is 11.0. The van der Waals surface area contributed by atoms with Crippen LogP contribution < -0.4 is 10.6 Å². The third-order valence-electron chi connectivity index (χ3n) is 4.79. The molecule has 0 fully saturated rings. The molecule has 9 heteroatoms. The number of H-pyrrole nitrogens is 1. The monoisotopic (exact) mass is 450 g/mol. The summed E-state index contributed by atoms with van der Waals surface area (Å²) in [6.45, 7) is 2.58. The highest BCUT2D eigenvalue weighted by atomic mass is 32.2. The van der Waals surface area contributed by atoms with Crippen molar-refractivity contribution in [1.82, 2.24) is 19.9 Å². The minimum absolute atomic E-state index is 0.454. The first kappa shape index (κ1) is 21.2. The highest BCUT2D eigenvalue weighted by Gasteiger charge is 2.14. The van der Waals surface area contributed by atoms with Gasteiger partial charge >= 0.3 is 6.03 Å². The molecule has 2 heterocycles. The van der Waals surface area contributed by atoms with Crippen LogP contribution in [0.15, 0.2) is 71.1 Å². The summed E-state index contributed by atoms with van der Waals surface area (Å²) in [7, 11) is 0. The number of carbonyl (C=O) groups excluding carboxylic acids is 1. The summed E-state index contributed by atoms with van der Waals surface area (Å²) in [6, 6.07) is 13.8. The van der Waals surface area contributed by atoms with Gasteiger partial charge in [-0.05, 0) is 36.2 Å². The second-order valence-corrected chi connectivity index (χ2v) is 8.89. The van der Waals surface area contributed by atoms with E-state index in [1.165, 1.54) is 27.1 Å². The second kappa shape index (κ2) is 9.84.